The highest BCUT2D eigenvalue weighted by Crippen LogP contribution is 2.28. The van der Waals surface area contributed by atoms with Crippen molar-refractivity contribution in [2.45, 2.75) is 32.6 Å². The van der Waals surface area contributed by atoms with Gasteiger partial charge in [-0.3, -0.25) is 4.72 Å². The van der Waals surface area contributed by atoms with Crippen molar-refractivity contribution in [3.05, 3.63) is 58.4 Å². The predicted octanol–water partition coefficient (Wildman–Crippen LogP) is 3.86. The maximum Gasteiger partial charge on any atom is 0.262 e. The standard InChI is InChI=1S/C16H18FNO2S/c1-10-9-11(2)13(4)16(12(10)3)21(19,20)18-15-8-6-5-7-14(15)17/h5-9,18H,1-4H3. The predicted molar refractivity (Wildman–Crippen MR) is 82.6 cm³/mol. The lowest BCUT2D eigenvalue weighted by molar-refractivity contribution is 0.597. The number of aryl methyl sites for hydroxylation is 2. The van der Waals surface area contributed by atoms with E-state index in [-0.39, 0.29) is 10.6 Å². The molecule has 2 rings (SSSR count). The van der Waals surface area contributed by atoms with Crippen LogP contribution in [0.1, 0.15) is 22.3 Å². The van der Waals surface area contributed by atoms with E-state index in [2.05, 4.69) is 4.72 Å². The molecule has 21 heavy (non-hydrogen) atoms. The number of para-hydroxylation sites is 1. The zero-order chi connectivity index (χ0) is 15.8. The molecule has 2 aromatic rings. The number of hydrogen-bond donors (Lipinski definition) is 1. The first kappa shape index (κ1) is 15.5. The van der Waals surface area contributed by atoms with Crippen LogP contribution in [-0.2, 0) is 10.0 Å². The zero-order valence-electron chi connectivity index (χ0n) is 12.5. The van der Waals surface area contributed by atoms with Gasteiger partial charge in [0.25, 0.3) is 10.0 Å². The van der Waals surface area contributed by atoms with Crippen molar-refractivity contribution in [1.29, 1.82) is 0 Å². The molecule has 0 aromatic heterocycles. The van der Waals surface area contributed by atoms with Crippen LogP contribution in [0.3, 0.4) is 0 Å². The number of anilines is 1. The highest BCUT2D eigenvalue weighted by atomic mass is 32.2. The highest BCUT2D eigenvalue weighted by Gasteiger charge is 2.23. The van der Waals surface area contributed by atoms with Gasteiger partial charge < -0.3 is 0 Å². The maximum absolute atomic E-state index is 13.7. The van der Waals surface area contributed by atoms with E-state index >= 15 is 0 Å². The van der Waals surface area contributed by atoms with Gasteiger partial charge in [-0.2, -0.15) is 0 Å². The quantitative estimate of drug-likeness (QED) is 0.936. The molecule has 0 heterocycles. The molecule has 112 valence electrons. The van der Waals surface area contributed by atoms with Gasteiger partial charge in [0, 0.05) is 0 Å². The molecule has 1 N–H and O–H groups in total. The summed E-state index contributed by atoms with van der Waals surface area (Å²) in [6.45, 7) is 7.25. The fraction of sp³-hybridized carbons (Fsp3) is 0.250. The number of sulfonamides is 1. The molecule has 0 fully saturated rings. The molecule has 0 aliphatic heterocycles. The van der Waals surface area contributed by atoms with Gasteiger partial charge in [0.05, 0.1) is 10.6 Å². The van der Waals surface area contributed by atoms with Crippen molar-refractivity contribution in [3.63, 3.8) is 0 Å². The van der Waals surface area contributed by atoms with Crippen LogP contribution < -0.4 is 4.72 Å². The number of halogens is 1. The summed E-state index contributed by atoms with van der Waals surface area (Å²) in [4.78, 5) is 0.225. The molecule has 0 unspecified atom stereocenters. The number of rotatable bonds is 3. The molecule has 0 aliphatic carbocycles. The molecule has 0 saturated heterocycles. The topological polar surface area (TPSA) is 46.2 Å². The van der Waals surface area contributed by atoms with E-state index in [0.29, 0.717) is 11.1 Å². The Kier molecular flexibility index (Phi) is 4.05. The lowest BCUT2D eigenvalue weighted by Crippen LogP contribution is -2.17. The van der Waals surface area contributed by atoms with Gasteiger partial charge in [-0.25, -0.2) is 12.8 Å². The lowest BCUT2D eigenvalue weighted by atomic mass is 10.0. The summed E-state index contributed by atoms with van der Waals surface area (Å²) in [5.41, 5.74) is 3.11. The summed E-state index contributed by atoms with van der Waals surface area (Å²) in [7, 11) is -3.83. The van der Waals surface area contributed by atoms with Gasteiger partial charge in [0.15, 0.2) is 0 Å². The minimum atomic E-state index is -3.83. The number of benzene rings is 2. The Hall–Kier alpha value is -1.88. The number of hydrogen-bond acceptors (Lipinski definition) is 2. The van der Waals surface area contributed by atoms with Gasteiger partial charge in [-0.1, -0.05) is 18.2 Å². The Morgan fingerprint density at radius 2 is 1.48 bits per heavy atom. The molecule has 0 amide bonds. The first-order chi connectivity index (χ1) is 9.74. The van der Waals surface area contributed by atoms with Crippen LogP contribution in [0, 0.1) is 33.5 Å². The third-order valence-corrected chi connectivity index (χ3v) is 5.32. The van der Waals surface area contributed by atoms with Gasteiger partial charge in [-0.15, -0.1) is 0 Å². The molecule has 2 aromatic carbocycles. The Labute approximate surface area is 124 Å². The van der Waals surface area contributed by atoms with Crippen molar-refractivity contribution in [1.82, 2.24) is 0 Å². The summed E-state index contributed by atoms with van der Waals surface area (Å²) in [6, 6.07) is 7.68. The molecule has 5 heteroatoms. The van der Waals surface area contributed by atoms with Crippen LogP contribution in [-0.4, -0.2) is 8.42 Å². The van der Waals surface area contributed by atoms with Crippen LogP contribution in [0.25, 0.3) is 0 Å². The van der Waals surface area contributed by atoms with E-state index < -0.39 is 15.8 Å². The van der Waals surface area contributed by atoms with Gasteiger partial charge in [-0.05, 0) is 62.1 Å². The van der Waals surface area contributed by atoms with Crippen molar-refractivity contribution in [2.24, 2.45) is 0 Å². The summed E-state index contributed by atoms with van der Waals surface area (Å²) < 4.78 is 41.2. The monoisotopic (exact) mass is 307 g/mol. The molecular weight excluding hydrogens is 289 g/mol. The molecule has 0 spiro atoms. The van der Waals surface area contributed by atoms with E-state index in [0.717, 1.165) is 11.1 Å². The van der Waals surface area contributed by atoms with Gasteiger partial charge in [0.1, 0.15) is 5.82 Å². The van der Waals surface area contributed by atoms with Crippen LogP contribution in [0.5, 0.6) is 0 Å². The van der Waals surface area contributed by atoms with E-state index in [1.54, 1.807) is 19.9 Å². The van der Waals surface area contributed by atoms with Crippen molar-refractivity contribution >= 4 is 15.7 Å². The van der Waals surface area contributed by atoms with E-state index in [1.165, 1.54) is 18.2 Å². The SMILES string of the molecule is Cc1cc(C)c(C)c(S(=O)(=O)Nc2ccccc2F)c1C. The molecule has 0 saturated carbocycles. The van der Waals surface area contributed by atoms with Crippen LogP contribution in [0.4, 0.5) is 10.1 Å². The Morgan fingerprint density at radius 1 is 0.952 bits per heavy atom. The Morgan fingerprint density at radius 3 is 2.00 bits per heavy atom. The van der Waals surface area contributed by atoms with Crippen LogP contribution >= 0.6 is 0 Å². The molecule has 0 atom stereocenters. The summed E-state index contributed by atoms with van der Waals surface area (Å²) in [5, 5.41) is 0. The normalized spacial score (nSPS) is 11.5. The average molecular weight is 307 g/mol. The average Bonchev–Trinajstić information content (AvgIpc) is 2.39. The molecule has 0 bridgehead atoms. The first-order valence-electron chi connectivity index (χ1n) is 6.59. The molecule has 3 nitrogen and oxygen atoms in total. The second-order valence-corrected chi connectivity index (χ2v) is 6.79. The second-order valence-electron chi connectivity index (χ2n) is 5.17. The lowest BCUT2D eigenvalue weighted by Gasteiger charge is -2.17. The Bertz CT molecular complexity index is 772. The fourth-order valence-corrected chi connectivity index (χ4v) is 4.01. The van der Waals surface area contributed by atoms with E-state index in [9.17, 15) is 12.8 Å². The second kappa shape index (κ2) is 5.48. The largest absolute Gasteiger partial charge is 0.277 e. The summed E-state index contributed by atoms with van der Waals surface area (Å²) >= 11 is 0. The molecular formula is C16H18FNO2S. The van der Waals surface area contributed by atoms with Gasteiger partial charge >= 0.3 is 0 Å². The highest BCUT2D eigenvalue weighted by molar-refractivity contribution is 7.92. The minimum absolute atomic E-state index is 0.0459. The molecule has 0 radical (unpaired) electrons. The fourth-order valence-electron chi connectivity index (χ4n) is 2.32. The van der Waals surface area contributed by atoms with Crippen LogP contribution in [0.15, 0.2) is 35.2 Å². The number of nitrogens with one attached hydrogen (secondary N) is 1. The smallest absolute Gasteiger partial charge is 0.262 e. The Balaban J connectivity index is 2.58. The third-order valence-electron chi connectivity index (χ3n) is 3.68. The summed E-state index contributed by atoms with van der Waals surface area (Å²) in [6.07, 6.45) is 0. The third kappa shape index (κ3) is 2.93. The molecule has 0 aliphatic rings. The minimum Gasteiger partial charge on any atom is -0.277 e. The van der Waals surface area contributed by atoms with E-state index in [4.69, 9.17) is 0 Å². The zero-order valence-corrected chi connectivity index (χ0v) is 13.3. The van der Waals surface area contributed by atoms with E-state index in [1.807, 2.05) is 19.9 Å². The van der Waals surface area contributed by atoms with Crippen molar-refractivity contribution in [2.75, 3.05) is 4.72 Å². The van der Waals surface area contributed by atoms with Crippen LogP contribution in [0.2, 0.25) is 0 Å². The summed E-state index contributed by atoms with van der Waals surface area (Å²) in [5.74, 6) is -0.597. The maximum atomic E-state index is 13.7. The van der Waals surface area contributed by atoms with Crippen molar-refractivity contribution < 1.29 is 12.8 Å². The van der Waals surface area contributed by atoms with Crippen molar-refractivity contribution in [3.8, 4) is 0 Å². The first-order valence-corrected chi connectivity index (χ1v) is 8.07. The van der Waals surface area contributed by atoms with Gasteiger partial charge in [0.2, 0.25) is 0 Å².